The van der Waals surface area contributed by atoms with E-state index >= 15 is 0 Å². The van der Waals surface area contributed by atoms with E-state index in [1.54, 1.807) is 24.3 Å². The van der Waals surface area contributed by atoms with Gasteiger partial charge in [-0.2, -0.15) is 4.31 Å². The fourth-order valence-corrected chi connectivity index (χ4v) is 5.03. The van der Waals surface area contributed by atoms with Gasteiger partial charge < -0.3 is 5.32 Å². The highest BCUT2D eigenvalue weighted by molar-refractivity contribution is 9.10. The minimum atomic E-state index is -3.52. The molecule has 8 heteroatoms. The Morgan fingerprint density at radius 3 is 2.23 bits per heavy atom. The normalized spacial score (nSPS) is 16.4. The van der Waals surface area contributed by atoms with Gasteiger partial charge in [0.25, 0.3) is 0 Å². The van der Waals surface area contributed by atoms with Gasteiger partial charge in [0, 0.05) is 28.0 Å². The van der Waals surface area contributed by atoms with Crippen molar-refractivity contribution < 1.29 is 13.2 Å². The highest BCUT2D eigenvalue weighted by Crippen LogP contribution is 2.27. The monoisotopic (exact) mass is 500 g/mol. The number of benzene rings is 2. The number of nitrogens with zero attached hydrogens (tertiary/aromatic N) is 1. The minimum absolute atomic E-state index is 0.0717. The van der Waals surface area contributed by atoms with Gasteiger partial charge >= 0.3 is 0 Å². The van der Waals surface area contributed by atoms with Gasteiger partial charge in [0.05, 0.1) is 10.6 Å². The quantitative estimate of drug-likeness (QED) is 0.680. The minimum Gasteiger partial charge on any atom is -0.325 e. The number of anilines is 1. The van der Waals surface area contributed by atoms with Crippen molar-refractivity contribution in [3.63, 3.8) is 0 Å². The van der Waals surface area contributed by atoms with Crippen molar-refractivity contribution in [2.45, 2.75) is 17.7 Å². The van der Waals surface area contributed by atoms with Crippen LogP contribution in [0.1, 0.15) is 12.8 Å². The summed E-state index contributed by atoms with van der Waals surface area (Å²) in [4.78, 5) is 12.8. The number of nitrogens with one attached hydrogen (secondary N) is 1. The van der Waals surface area contributed by atoms with Crippen molar-refractivity contribution in [2.24, 2.45) is 5.92 Å². The van der Waals surface area contributed by atoms with Gasteiger partial charge in [0.2, 0.25) is 15.9 Å². The fourth-order valence-electron chi connectivity index (χ4n) is 2.91. The van der Waals surface area contributed by atoms with E-state index in [1.807, 2.05) is 24.3 Å². The van der Waals surface area contributed by atoms with Crippen molar-refractivity contribution in [3.05, 3.63) is 57.5 Å². The maximum absolute atomic E-state index is 12.7. The Morgan fingerprint density at radius 1 is 1.00 bits per heavy atom. The number of hydrogen-bond donors (Lipinski definition) is 1. The zero-order chi connectivity index (χ0) is 18.7. The van der Waals surface area contributed by atoms with Crippen LogP contribution < -0.4 is 5.32 Å². The summed E-state index contributed by atoms with van der Waals surface area (Å²) < 4.78 is 28.5. The van der Waals surface area contributed by atoms with Crippen molar-refractivity contribution in [1.82, 2.24) is 4.31 Å². The molecule has 1 aliphatic heterocycles. The van der Waals surface area contributed by atoms with Crippen LogP contribution in [0.3, 0.4) is 0 Å². The maximum Gasteiger partial charge on any atom is 0.243 e. The second kappa shape index (κ2) is 8.21. The molecule has 2 aromatic rings. The van der Waals surface area contributed by atoms with Crippen LogP contribution in [0.5, 0.6) is 0 Å². The van der Waals surface area contributed by atoms with E-state index in [-0.39, 0.29) is 16.7 Å². The van der Waals surface area contributed by atoms with E-state index in [0.29, 0.717) is 25.9 Å². The van der Waals surface area contributed by atoms with Crippen LogP contribution in [-0.2, 0) is 14.8 Å². The van der Waals surface area contributed by atoms with Crippen LogP contribution >= 0.6 is 31.9 Å². The predicted octanol–water partition coefficient (Wildman–Crippen LogP) is 4.25. The lowest BCUT2D eigenvalue weighted by Crippen LogP contribution is -2.41. The zero-order valence-electron chi connectivity index (χ0n) is 13.9. The van der Waals surface area contributed by atoms with Crippen LogP contribution in [0.25, 0.3) is 0 Å². The summed E-state index contributed by atoms with van der Waals surface area (Å²) in [6, 6.07) is 14.0. The van der Waals surface area contributed by atoms with Gasteiger partial charge in [-0.1, -0.05) is 28.1 Å². The van der Waals surface area contributed by atoms with Crippen molar-refractivity contribution in [3.8, 4) is 0 Å². The number of sulfonamides is 1. The van der Waals surface area contributed by atoms with Crippen LogP contribution in [0.2, 0.25) is 0 Å². The summed E-state index contributed by atoms with van der Waals surface area (Å²) in [5.74, 6) is -0.268. The summed E-state index contributed by atoms with van der Waals surface area (Å²) in [6.45, 7) is 0.679. The number of carbonyl (C=O) groups is 1. The third-order valence-corrected chi connectivity index (χ3v) is 7.54. The second-order valence-corrected chi connectivity index (χ2v) is 9.81. The van der Waals surface area contributed by atoms with Crippen molar-refractivity contribution in [2.75, 3.05) is 18.4 Å². The van der Waals surface area contributed by atoms with E-state index < -0.39 is 10.0 Å². The van der Waals surface area contributed by atoms with E-state index in [4.69, 9.17) is 0 Å². The first-order valence-corrected chi connectivity index (χ1v) is 11.2. The van der Waals surface area contributed by atoms with Crippen LogP contribution in [0.4, 0.5) is 5.69 Å². The molecule has 0 radical (unpaired) electrons. The number of rotatable bonds is 4. The largest absolute Gasteiger partial charge is 0.325 e. The Morgan fingerprint density at radius 2 is 1.62 bits per heavy atom. The molecular weight excluding hydrogens is 484 g/mol. The molecule has 0 spiro atoms. The molecule has 1 amide bonds. The van der Waals surface area contributed by atoms with E-state index in [0.717, 1.165) is 14.6 Å². The highest BCUT2D eigenvalue weighted by Gasteiger charge is 2.32. The Labute approximate surface area is 170 Å². The smallest absolute Gasteiger partial charge is 0.243 e. The van der Waals surface area contributed by atoms with Gasteiger partial charge in [0.1, 0.15) is 0 Å². The summed E-state index contributed by atoms with van der Waals surface area (Å²) in [6.07, 6.45) is 1.01. The molecule has 3 rings (SSSR count). The molecule has 1 N–H and O–H groups in total. The van der Waals surface area contributed by atoms with Crippen molar-refractivity contribution in [1.29, 1.82) is 0 Å². The average molecular weight is 502 g/mol. The molecule has 0 saturated carbocycles. The SMILES string of the molecule is O=C(Nc1ccccc1Br)C1CCN(S(=O)(=O)c2ccc(Br)cc2)CC1. The van der Waals surface area contributed by atoms with E-state index in [9.17, 15) is 13.2 Å². The lowest BCUT2D eigenvalue weighted by atomic mass is 9.97. The molecule has 0 atom stereocenters. The molecule has 0 bridgehead atoms. The third-order valence-electron chi connectivity index (χ3n) is 4.41. The number of para-hydroxylation sites is 1. The first-order chi connectivity index (χ1) is 12.4. The van der Waals surface area contributed by atoms with Gasteiger partial charge in [-0.15, -0.1) is 0 Å². The lowest BCUT2D eigenvalue weighted by Gasteiger charge is -2.30. The Kier molecular flexibility index (Phi) is 6.17. The molecule has 26 heavy (non-hydrogen) atoms. The van der Waals surface area contributed by atoms with Gasteiger partial charge in [-0.3, -0.25) is 4.79 Å². The zero-order valence-corrected chi connectivity index (χ0v) is 17.8. The second-order valence-electron chi connectivity index (χ2n) is 6.10. The topological polar surface area (TPSA) is 66.5 Å². The first kappa shape index (κ1) is 19.5. The molecule has 0 aromatic heterocycles. The van der Waals surface area contributed by atoms with Gasteiger partial charge in [0.15, 0.2) is 0 Å². The molecule has 1 saturated heterocycles. The van der Waals surface area contributed by atoms with E-state index in [2.05, 4.69) is 37.2 Å². The Bertz CT molecular complexity index is 893. The van der Waals surface area contributed by atoms with Crippen molar-refractivity contribution >= 4 is 53.5 Å². The fraction of sp³-hybridized carbons (Fsp3) is 0.278. The first-order valence-electron chi connectivity index (χ1n) is 8.19. The molecule has 1 aliphatic rings. The molecule has 2 aromatic carbocycles. The number of carbonyl (C=O) groups excluding carboxylic acids is 1. The maximum atomic E-state index is 12.7. The standard InChI is InChI=1S/C18H18Br2N2O3S/c19-14-5-7-15(8-6-14)26(24,25)22-11-9-13(10-12-22)18(23)21-17-4-2-1-3-16(17)20/h1-8,13H,9-12H2,(H,21,23). The predicted molar refractivity (Wildman–Crippen MR) is 108 cm³/mol. The van der Waals surface area contributed by atoms with Gasteiger partial charge in [-0.25, -0.2) is 8.42 Å². The van der Waals surface area contributed by atoms with Crippen LogP contribution in [0.15, 0.2) is 62.4 Å². The van der Waals surface area contributed by atoms with Gasteiger partial charge in [-0.05, 0) is 65.2 Å². The highest BCUT2D eigenvalue weighted by atomic mass is 79.9. The molecular formula is C18H18Br2N2O3S. The molecule has 1 fully saturated rings. The number of amides is 1. The third kappa shape index (κ3) is 4.36. The summed E-state index contributed by atoms with van der Waals surface area (Å²) in [5, 5.41) is 2.91. The molecule has 5 nitrogen and oxygen atoms in total. The number of halogens is 2. The molecule has 138 valence electrons. The Balaban J connectivity index is 1.62. The lowest BCUT2D eigenvalue weighted by molar-refractivity contribution is -0.120. The molecule has 0 aliphatic carbocycles. The van der Waals surface area contributed by atoms with Crippen LogP contribution in [-0.4, -0.2) is 31.7 Å². The number of hydrogen-bond acceptors (Lipinski definition) is 3. The number of piperidine rings is 1. The summed E-state index contributed by atoms with van der Waals surface area (Å²) in [5.41, 5.74) is 0.724. The Hall–Kier alpha value is -1.22. The molecule has 0 unspecified atom stereocenters. The van der Waals surface area contributed by atoms with Crippen LogP contribution in [0, 0.1) is 5.92 Å². The summed E-state index contributed by atoms with van der Waals surface area (Å²) in [7, 11) is -3.52. The average Bonchev–Trinajstić information content (AvgIpc) is 2.64. The van der Waals surface area contributed by atoms with E-state index in [1.165, 1.54) is 4.31 Å². The molecule has 1 heterocycles. The summed E-state index contributed by atoms with van der Waals surface area (Å²) >= 11 is 6.72.